The highest BCUT2D eigenvalue weighted by Crippen LogP contribution is 2.26. The van der Waals surface area contributed by atoms with Crippen molar-refractivity contribution in [2.24, 2.45) is 0 Å². The number of aryl methyl sites for hydroxylation is 1. The van der Waals surface area contributed by atoms with Crippen molar-refractivity contribution in [1.29, 1.82) is 0 Å². The summed E-state index contributed by atoms with van der Waals surface area (Å²) in [4.78, 5) is 37.7. The maximum absolute atomic E-state index is 12.4. The molecule has 0 spiro atoms. The Morgan fingerprint density at radius 3 is 2.54 bits per heavy atom. The van der Waals surface area contributed by atoms with Crippen LogP contribution in [0, 0.1) is 0 Å². The molecule has 3 rings (SSSR count). The molecule has 0 bridgehead atoms. The molecule has 0 unspecified atom stereocenters. The molecule has 2 aromatic rings. The molecule has 1 heterocycles. The van der Waals surface area contributed by atoms with E-state index < -0.39 is 5.97 Å². The van der Waals surface area contributed by atoms with Crippen LogP contribution in [0.25, 0.3) is 0 Å². The van der Waals surface area contributed by atoms with Crippen molar-refractivity contribution in [2.75, 3.05) is 24.6 Å². The first-order valence-electron chi connectivity index (χ1n) is 8.52. The Morgan fingerprint density at radius 1 is 1.00 bits per heavy atom. The summed E-state index contributed by atoms with van der Waals surface area (Å²) in [7, 11) is 0. The van der Waals surface area contributed by atoms with Gasteiger partial charge in [0.15, 0.2) is 6.61 Å². The molecular formula is C20H20N2O4. The second kappa shape index (κ2) is 8.29. The molecule has 1 aliphatic heterocycles. The van der Waals surface area contributed by atoms with E-state index >= 15 is 0 Å². The van der Waals surface area contributed by atoms with E-state index in [2.05, 4.69) is 5.32 Å². The number of rotatable bonds is 5. The topological polar surface area (TPSA) is 75.7 Å². The SMILES string of the molecule is O=C(CNC(=O)c1ccccc1)OCC(=O)N1CCCc2ccccc21. The first-order valence-corrected chi connectivity index (χ1v) is 8.52. The maximum atomic E-state index is 12.4. The molecule has 2 aromatic carbocycles. The summed E-state index contributed by atoms with van der Waals surface area (Å²) in [6, 6.07) is 16.3. The largest absolute Gasteiger partial charge is 0.454 e. The van der Waals surface area contributed by atoms with E-state index in [1.165, 1.54) is 0 Å². The van der Waals surface area contributed by atoms with Crippen LogP contribution in [0.2, 0.25) is 0 Å². The molecule has 0 atom stereocenters. The second-order valence-electron chi connectivity index (χ2n) is 5.99. The summed E-state index contributed by atoms with van der Waals surface area (Å²) in [5.41, 5.74) is 2.45. The average Bonchev–Trinajstić information content (AvgIpc) is 2.70. The first kappa shape index (κ1) is 17.7. The van der Waals surface area contributed by atoms with E-state index in [1.807, 2.05) is 24.3 Å². The van der Waals surface area contributed by atoms with Gasteiger partial charge in [0.2, 0.25) is 0 Å². The van der Waals surface area contributed by atoms with Crippen LogP contribution >= 0.6 is 0 Å². The summed E-state index contributed by atoms with van der Waals surface area (Å²) in [6.07, 6.45) is 1.81. The van der Waals surface area contributed by atoms with E-state index in [-0.39, 0.29) is 25.0 Å². The normalized spacial score (nSPS) is 12.8. The number of esters is 1. The third-order valence-corrected chi connectivity index (χ3v) is 4.20. The Hall–Kier alpha value is -3.15. The van der Waals surface area contributed by atoms with Gasteiger partial charge in [-0.25, -0.2) is 0 Å². The van der Waals surface area contributed by atoms with Crippen molar-refractivity contribution >= 4 is 23.5 Å². The number of amides is 2. The van der Waals surface area contributed by atoms with Crippen LogP contribution in [0.3, 0.4) is 0 Å². The van der Waals surface area contributed by atoms with Gasteiger partial charge in [-0.05, 0) is 36.6 Å². The van der Waals surface area contributed by atoms with Crippen molar-refractivity contribution in [2.45, 2.75) is 12.8 Å². The number of fused-ring (bicyclic) bond motifs is 1. The third-order valence-electron chi connectivity index (χ3n) is 4.20. The van der Waals surface area contributed by atoms with Crippen LogP contribution in [0.15, 0.2) is 54.6 Å². The summed E-state index contributed by atoms with van der Waals surface area (Å²) in [5, 5.41) is 2.48. The van der Waals surface area contributed by atoms with E-state index in [0.29, 0.717) is 12.1 Å². The molecule has 0 fully saturated rings. The lowest BCUT2D eigenvalue weighted by atomic mass is 10.0. The van der Waals surface area contributed by atoms with Crippen molar-refractivity contribution in [3.8, 4) is 0 Å². The Bertz CT molecular complexity index is 804. The van der Waals surface area contributed by atoms with Gasteiger partial charge in [-0.2, -0.15) is 0 Å². The van der Waals surface area contributed by atoms with Crippen LogP contribution in [-0.2, 0) is 20.7 Å². The van der Waals surface area contributed by atoms with Crippen LogP contribution < -0.4 is 10.2 Å². The van der Waals surface area contributed by atoms with Gasteiger partial charge in [0, 0.05) is 17.8 Å². The minimum Gasteiger partial charge on any atom is -0.454 e. The molecule has 1 aliphatic rings. The molecule has 134 valence electrons. The van der Waals surface area contributed by atoms with Gasteiger partial charge < -0.3 is 15.0 Å². The van der Waals surface area contributed by atoms with Gasteiger partial charge in [-0.15, -0.1) is 0 Å². The molecule has 0 aliphatic carbocycles. The summed E-state index contributed by atoms with van der Waals surface area (Å²) >= 11 is 0. The number of nitrogens with zero attached hydrogens (tertiary/aromatic N) is 1. The minimum absolute atomic E-state index is 0.264. The number of para-hydroxylation sites is 1. The minimum atomic E-state index is -0.645. The Kier molecular flexibility index (Phi) is 5.63. The fourth-order valence-corrected chi connectivity index (χ4v) is 2.91. The van der Waals surface area contributed by atoms with E-state index in [1.54, 1.807) is 35.2 Å². The third kappa shape index (κ3) is 4.27. The fourth-order valence-electron chi connectivity index (χ4n) is 2.91. The molecule has 1 N–H and O–H groups in total. The number of carbonyl (C=O) groups is 3. The second-order valence-corrected chi connectivity index (χ2v) is 5.99. The highest BCUT2D eigenvalue weighted by molar-refractivity contribution is 5.97. The summed E-state index contributed by atoms with van der Waals surface area (Å²) in [6.45, 7) is -0.00981. The first-order chi connectivity index (χ1) is 12.6. The molecule has 26 heavy (non-hydrogen) atoms. The molecule has 6 nitrogen and oxygen atoms in total. The molecular weight excluding hydrogens is 332 g/mol. The lowest BCUT2D eigenvalue weighted by Crippen LogP contribution is -2.39. The Labute approximate surface area is 151 Å². The summed E-state index contributed by atoms with van der Waals surface area (Å²) in [5.74, 6) is -1.27. The average molecular weight is 352 g/mol. The number of hydrogen-bond donors (Lipinski definition) is 1. The molecule has 6 heteroatoms. The highest BCUT2D eigenvalue weighted by Gasteiger charge is 2.23. The zero-order valence-corrected chi connectivity index (χ0v) is 14.3. The lowest BCUT2D eigenvalue weighted by molar-refractivity contribution is -0.146. The van der Waals surface area contributed by atoms with Gasteiger partial charge in [0.1, 0.15) is 6.54 Å². The Morgan fingerprint density at radius 2 is 1.73 bits per heavy atom. The number of anilines is 1. The zero-order chi connectivity index (χ0) is 18.4. The van der Waals surface area contributed by atoms with E-state index in [4.69, 9.17) is 4.74 Å². The van der Waals surface area contributed by atoms with Crippen molar-refractivity contribution in [3.05, 3.63) is 65.7 Å². The van der Waals surface area contributed by atoms with Crippen molar-refractivity contribution < 1.29 is 19.1 Å². The number of benzene rings is 2. The maximum Gasteiger partial charge on any atom is 0.325 e. The predicted molar refractivity (Wildman–Crippen MR) is 96.9 cm³/mol. The van der Waals surface area contributed by atoms with Crippen molar-refractivity contribution in [1.82, 2.24) is 5.32 Å². The number of ether oxygens (including phenoxy) is 1. The molecule has 0 saturated heterocycles. The molecule has 0 saturated carbocycles. The molecule has 0 radical (unpaired) electrons. The van der Waals surface area contributed by atoms with Gasteiger partial charge in [-0.3, -0.25) is 14.4 Å². The zero-order valence-electron chi connectivity index (χ0n) is 14.3. The number of hydrogen-bond acceptors (Lipinski definition) is 4. The smallest absolute Gasteiger partial charge is 0.325 e. The van der Waals surface area contributed by atoms with E-state index in [9.17, 15) is 14.4 Å². The van der Waals surface area contributed by atoms with E-state index in [0.717, 1.165) is 24.1 Å². The molecule has 0 aromatic heterocycles. The van der Waals surface area contributed by atoms with Crippen molar-refractivity contribution in [3.63, 3.8) is 0 Å². The fraction of sp³-hybridized carbons (Fsp3) is 0.250. The summed E-state index contributed by atoms with van der Waals surface area (Å²) < 4.78 is 5.01. The monoisotopic (exact) mass is 352 g/mol. The van der Waals surface area contributed by atoms with Crippen LogP contribution in [0.1, 0.15) is 22.3 Å². The molecule has 2 amide bonds. The van der Waals surface area contributed by atoms with Crippen LogP contribution in [0.5, 0.6) is 0 Å². The number of carbonyl (C=O) groups excluding carboxylic acids is 3. The van der Waals surface area contributed by atoms with Gasteiger partial charge in [0.25, 0.3) is 11.8 Å². The predicted octanol–water partition coefficient (Wildman–Crippen LogP) is 1.94. The lowest BCUT2D eigenvalue weighted by Gasteiger charge is -2.29. The standard InChI is InChI=1S/C20H20N2O4/c23-18(22-12-6-10-15-7-4-5-11-17(15)22)14-26-19(24)13-21-20(25)16-8-2-1-3-9-16/h1-5,7-9,11H,6,10,12-14H2,(H,21,25). The highest BCUT2D eigenvalue weighted by atomic mass is 16.5. The Balaban J connectivity index is 1.48. The number of nitrogens with one attached hydrogen (secondary N) is 1. The quantitative estimate of drug-likeness (QED) is 0.835. The van der Waals surface area contributed by atoms with Gasteiger partial charge in [-0.1, -0.05) is 36.4 Å². The van der Waals surface area contributed by atoms with Crippen LogP contribution in [0.4, 0.5) is 5.69 Å². The van der Waals surface area contributed by atoms with Gasteiger partial charge >= 0.3 is 5.97 Å². The van der Waals surface area contributed by atoms with Crippen LogP contribution in [-0.4, -0.2) is 37.5 Å². The van der Waals surface area contributed by atoms with Gasteiger partial charge in [0.05, 0.1) is 0 Å².